The van der Waals surface area contributed by atoms with Crippen LogP contribution in [0, 0.1) is 11.7 Å². The molecule has 0 aromatic heterocycles. The number of hydrogen-bond donors (Lipinski definition) is 1. The number of esters is 1. The lowest BCUT2D eigenvalue weighted by atomic mass is 9.94. The third-order valence-corrected chi connectivity index (χ3v) is 5.50. The van der Waals surface area contributed by atoms with Gasteiger partial charge in [-0.3, -0.25) is 14.4 Å². The van der Waals surface area contributed by atoms with Gasteiger partial charge in [0.05, 0.1) is 18.6 Å². The highest BCUT2D eigenvalue weighted by Gasteiger charge is 2.30. The second kappa shape index (κ2) is 10.9. The average Bonchev–Trinajstić information content (AvgIpc) is 2.79. The minimum Gasteiger partial charge on any atom is -0.463 e. The molecule has 1 N–H and O–H groups in total. The van der Waals surface area contributed by atoms with Crippen LogP contribution in [0.2, 0.25) is 0 Å². The maximum atomic E-state index is 13.1. The van der Waals surface area contributed by atoms with Gasteiger partial charge in [-0.2, -0.15) is 0 Å². The van der Waals surface area contributed by atoms with Crippen molar-refractivity contribution in [2.45, 2.75) is 45.3 Å². The molecule has 170 valence electrons. The largest absolute Gasteiger partial charge is 0.463 e. The SMILES string of the molecule is CC(C)OC(=O)CC(NC(=O)C1CCN(C(=O)c2ccc(F)cc2)CC1)c1ccccc1. The molecule has 1 saturated heterocycles. The summed E-state index contributed by atoms with van der Waals surface area (Å²) in [6, 6.07) is 14.3. The molecular weight excluding hydrogens is 411 g/mol. The van der Waals surface area contributed by atoms with E-state index in [4.69, 9.17) is 4.74 Å². The Morgan fingerprint density at radius 1 is 1.03 bits per heavy atom. The highest BCUT2D eigenvalue weighted by molar-refractivity contribution is 5.94. The van der Waals surface area contributed by atoms with Crippen molar-refractivity contribution in [3.8, 4) is 0 Å². The minimum absolute atomic E-state index is 0.0514. The fourth-order valence-corrected chi connectivity index (χ4v) is 3.82. The van der Waals surface area contributed by atoms with E-state index in [1.54, 1.807) is 18.7 Å². The third-order valence-electron chi connectivity index (χ3n) is 5.50. The molecule has 1 heterocycles. The van der Waals surface area contributed by atoms with Gasteiger partial charge >= 0.3 is 5.97 Å². The molecule has 0 bridgehead atoms. The van der Waals surface area contributed by atoms with E-state index < -0.39 is 6.04 Å². The average molecular weight is 441 g/mol. The number of rotatable bonds is 7. The molecule has 1 aliphatic heterocycles. The number of nitrogens with one attached hydrogen (secondary N) is 1. The van der Waals surface area contributed by atoms with Gasteiger partial charge in [0, 0.05) is 24.6 Å². The van der Waals surface area contributed by atoms with Crippen LogP contribution in [0.5, 0.6) is 0 Å². The first-order valence-corrected chi connectivity index (χ1v) is 10.9. The quantitative estimate of drug-likeness (QED) is 0.663. The molecule has 0 saturated carbocycles. The van der Waals surface area contributed by atoms with Gasteiger partial charge in [0.1, 0.15) is 5.82 Å². The number of nitrogens with zero attached hydrogens (tertiary/aromatic N) is 1. The molecule has 32 heavy (non-hydrogen) atoms. The second-order valence-electron chi connectivity index (χ2n) is 8.29. The van der Waals surface area contributed by atoms with E-state index in [1.165, 1.54) is 24.3 Å². The fourth-order valence-electron chi connectivity index (χ4n) is 3.82. The summed E-state index contributed by atoms with van der Waals surface area (Å²) in [6.45, 7) is 4.46. The van der Waals surface area contributed by atoms with Gasteiger partial charge in [0.2, 0.25) is 5.91 Å². The second-order valence-corrected chi connectivity index (χ2v) is 8.29. The van der Waals surface area contributed by atoms with Crippen molar-refractivity contribution in [1.29, 1.82) is 0 Å². The Hall–Kier alpha value is -3.22. The number of amides is 2. The van der Waals surface area contributed by atoms with E-state index in [9.17, 15) is 18.8 Å². The van der Waals surface area contributed by atoms with Crippen molar-refractivity contribution in [3.05, 3.63) is 71.5 Å². The van der Waals surface area contributed by atoms with E-state index in [1.807, 2.05) is 30.3 Å². The van der Waals surface area contributed by atoms with Gasteiger partial charge in [-0.1, -0.05) is 30.3 Å². The first-order valence-electron chi connectivity index (χ1n) is 10.9. The lowest BCUT2D eigenvalue weighted by Crippen LogP contribution is -2.44. The first kappa shape index (κ1) is 23.4. The molecule has 3 rings (SSSR count). The lowest BCUT2D eigenvalue weighted by molar-refractivity contribution is -0.148. The normalized spacial score (nSPS) is 15.3. The Kier molecular flexibility index (Phi) is 7.98. The number of piperidine rings is 1. The van der Waals surface area contributed by atoms with Crippen molar-refractivity contribution in [3.63, 3.8) is 0 Å². The molecule has 0 aliphatic carbocycles. The van der Waals surface area contributed by atoms with Crippen LogP contribution < -0.4 is 5.32 Å². The minimum atomic E-state index is -0.478. The van der Waals surface area contributed by atoms with Crippen LogP contribution in [-0.4, -0.2) is 41.9 Å². The summed E-state index contributed by atoms with van der Waals surface area (Å²) in [7, 11) is 0. The predicted molar refractivity (Wildman–Crippen MR) is 118 cm³/mol. The number of benzene rings is 2. The summed E-state index contributed by atoms with van der Waals surface area (Å²) >= 11 is 0. The summed E-state index contributed by atoms with van der Waals surface area (Å²) in [5.74, 6) is -1.30. The Labute approximate surface area is 187 Å². The van der Waals surface area contributed by atoms with Crippen LogP contribution in [0.4, 0.5) is 4.39 Å². The van der Waals surface area contributed by atoms with Crippen LogP contribution in [0.25, 0.3) is 0 Å². The number of hydrogen-bond acceptors (Lipinski definition) is 4. The predicted octanol–water partition coefficient (Wildman–Crippen LogP) is 3.88. The highest BCUT2D eigenvalue weighted by Crippen LogP contribution is 2.23. The molecule has 2 aromatic rings. The number of halogens is 1. The zero-order valence-corrected chi connectivity index (χ0v) is 18.4. The maximum absolute atomic E-state index is 13.1. The van der Waals surface area contributed by atoms with Crippen molar-refractivity contribution in [2.75, 3.05) is 13.1 Å². The van der Waals surface area contributed by atoms with E-state index in [2.05, 4.69) is 5.32 Å². The molecule has 0 radical (unpaired) electrons. The van der Waals surface area contributed by atoms with Gasteiger partial charge in [-0.15, -0.1) is 0 Å². The summed E-state index contributed by atoms with van der Waals surface area (Å²) in [6.07, 6.45) is 0.876. The smallest absolute Gasteiger partial charge is 0.308 e. The van der Waals surface area contributed by atoms with E-state index in [-0.39, 0.29) is 42.0 Å². The molecule has 0 spiro atoms. The van der Waals surface area contributed by atoms with E-state index >= 15 is 0 Å². The van der Waals surface area contributed by atoms with Crippen LogP contribution in [0.3, 0.4) is 0 Å². The Morgan fingerprint density at radius 3 is 2.25 bits per heavy atom. The highest BCUT2D eigenvalue weighted by atomic mass is 19.1. The Morgan fingerprint density at radius 2 is 1.66 bits per heavy atom. The topological polar surface area (TPSA) is 75.7 Å². The number of ether oxygens (including phenoxy) is 1. The summed E-state index contributed by atoms with van der Waals surface area (Å²) in [4.78, 5) is 39.5. The summed E-state index contributed by atoms with van der Waals surface area (Å²) < 4.78 is 18.4. The lowest BCUT2D eigenvalue weighted by Gasteiger charge is -2.32. The number of carbonyl (C=O) groups is 3. The molecule has 1 unspecified atom stereocenters. The van der Waals surface area contributed by atoms with Gasteiger partial charge < -0.3 is 15.0 Å². The van der Waals surface area contributed by atoms with E-state index in [0.717, 1.165) is 5.56 Å². The monoisotopic (exact) mass is 440 g/mol. The van der Waals surface area contributed by atoms with Gasteiger partial charge in [-0.25, -0.2) is 4.39 Å². The molecule has 2 aromatic carbocycles. The maximum Gasteiger partial charge on any atom is 0.308 e. The molecule has 2 amide bonds. The zero-order valence-electron chi connectivity index (χ0n) is 18.4. The van der Waals surface area contributed by atoms with Crippen molar-refractivity contribution >= 4 is 17.8 Å². The zero-order chi connectivity index (χ0) is 23.1. The fraction of sp³-hybridized carbons (Fsp3) is 0.400. The Bertz CT molecular complexity index is 923. The Balaban J connectivity index is 1.59. The molecular formula is C25H29FN2O4. The number of likely N-dealkylation sites (tertiary alicyclic amines) is 1. The van der Waals surface area contributed by atoms with Crippen molar-refractivity contribution in [2.24, 2.45) is 5.92 Å². The van der Waals surface area contributed by atoms with Crippen LogP contribution in [0.15, 0.2) is 54.6 Å². The van der Waals surface area contributed by atoms with Gasteiger partial charge in [0.15, 0.2) is 0 Å². The number of carbonyl (C=O) groups excluding carboxylic acids is 3. The molecule has 7 heteroatoms. The van der Waals surface area contributed by atoms with E-state index in [0.29, 0.717) is 31.5 Å². The standard InChI is InChI=1S/C25H29FN2O4/c1-17(2)32-23(29)16-22(18-6-4-3-5-7-18)27-24(30)19-12-14-28(15-13-19)25(31)20-8-10-21(26)11-9-20/h3-11,17,19,22H,12-16H2,1-2H3,(H,27,30). The van der Waals surface area contributed by atoms with Gasteiger partial charge in [0.25, 0.3) is 5.91 Å². The van der Waals surface area contributed by atoms with Crippen molar-refractivity contribution < 1.29 is 23.5 Å². The first-order chi connectivity index (χ1) is 15.3. The summed E-state index contributed by atoms with van der Waals surface area (Å²) in [5.41, 5.74) is 1.27. The molecule has 1 aliphatic rings. The van der Waals surface area contributed by atoms with Gasteiger partial charge in [-0.05, 0) is 56.5 Å². The van der Waals surface area contributed by atoms with Crippen LogP contribution >= 0.6 is 0 Å². The summed E-state index contributed by atoms with van der Waals surface area (Å²) in [5, 5.41) is 3.00. The molecule has 6 nitrogen and oxygen atoms in total. The van der Waals surface area contributed by atoms with Crippen molar-refractivity contribution in [1.82, 2.24) is 10.2 Å². The molecule has 1 fully saturated rings. The third kappa shape index (κ3) is 6.39. The van der Waals surface area contributed by atoms with Crippen LogP contribution in [-0.2, 0) is 14.3 Å². The van der Waals surface area contributed by atoms with Crippen LogP contribution in [0.1, 0.15) is 55.1 Å². The molecule has 1 atom stereocenters.